The Kier molecular flexibility index (Phi) is 3.09. The topological polar surface area (TPSA) is 49.3 Å². The van der Waals surface area contributed by atoms with Crippen molar-refractivity contribution >= 4 is 52.3 Å². The highest BCUT2D eigenvalue weighted by Gasteiger charge is 2.20. The summed E-state index contributed by atoms with van der Waals surface area (Å²) in [5, 5.41) is 13.1. The Morgan fingerprint density at radius 3 is 2.68 bits per heavy atom. The molecule has 0 saturated heterocycles. The predicted molar refractivity (Wildman–Crippen MR) is 77.3 cm³/mol. The number of carboxylic acids is 1. The van der Waals surface area contributed by atoms with Crippen LogP contribution in [-0.4, -0.2) is 11.1 Å². The second-order valence-corrected chi connectivity index (χ2v) is 5.85. The Balaban J connectivity index is 2.09. The molecule has 2 aromatic carbocycles. The highest BCUT2D eigenvalue weighted by Crippen LogP contribution is 2.48. The summed E-state index contributed by atoms with van der Waals surface area (Å²) in [6.45, 7) is 0. The Hall–Kier alpha value is -1.36. The highest BCUT2D eigenvalue weighted by molar-refractivity contribution is 7.99. The molecule has 6 heteroatoms. The van der Waals surface area contributed by atoms with Crippen molar-refractivity contribution < 1.29 is 9.90 Å². The molecule has 1 heterocycles. The minimum atomic E-state index is -0.941. The van der Waals surface area contributed by atoms with Gasteiger partial charge in [-0.25, -0.2) is 4.79 Å². The van der Waals surface area contributed by atoms with E-state index in [0.717, 1.165) is 21.2 Å². The molecule has 0 fully saturated rings. The molecule has 0 atom stereocenters. The van der Waals surface area contributed by atoms with Gasteiger partial charge in [-0.2, -0.15) is 0 Å². The van der Waals surface area contributed by atoms with E-state index >= 15 is 0 Å². The van der Waals surface area contributed by atoms with E-state index in [0.29, 0.717) is 10.0 Å². The zero-order chi connectivity index (χ0) is 13.6. The quantitative estimate of drug-likeness (QED) is 0.671. The summed E-state index contributed by atoms with van der Waals surface area (Å²) in [5.41, 5.74) is 1.85. The van der Waals surface area contributed by atoms with E-state index in [1.54, 1.807) is 24.3 Å². The molecular formula is C13H7Cl2NO2S. The second-order valence-electron chi connectivity index (χ2n) is 3.98. The first-order chi connectivity index (χ1) is 9.06. The number of hydrogen-bond acceptors (Lipinski definition) is 3. The molecule has 0 radical (unpaired) electrons. The van der Waals surface area contributed by atoms with Crippen molar-refractivity contribution in [1.29, 1.82) is 0 Å². The van der Waals surface area contributed by atoms with Crippen molar-refractivity contribution in [3.63, 3.8) is 0 Å². The van der Waals surface area contributed by atoms with Crippen LogP contribution < -0.4 is 5.32 Å². The van der Waals surface area contributed by atoms with Crippen LogP contribution in [0, 0.1) is 0 Å². The van der Waals surface area contributed by atoms with Gasteiger partial charge in [0.25, 0.3) is 0 Å². The largest absolute Gasteiger partial charge is 0.478 e. The van der Waals surface area contributed by atoms with Gasteiger partial charge in [0, 0.05) is 9.79 Å². The van der Waals surface area contributed by atoms with E-state index in [9.17, 15) is 4.79 Å². The van der Waals surface area contributed by atoms with Gasteiger partial charge in [-0.15, -0.1) is 0 Å². The van der Waals surface area contributed by atoms with E-state index in [1.807, 2.05) is 6.07 Å². The lowest BCUT2D eigenvalue weighted by molar-refractivity contribution is 0.0696. The van der Waals surface area contributed by atoms with Crippen molar-refractivity contribution in [3.8, 4) is 0 Å². The highest BCUT2D eigenvalue weighted by atomic mass is 35.5. The zero-order valence-corrected chi connectivity index (χ0v) is 11.7. The van der Waals surface area contributed by atoms with Crippen LogP contribution in [0.1, 0.15) is 10.4 Å². The van der Waals surface area contributed by atoms with Crippen molar-refractivity contribution in [1.82, 2.24) is 0 Å². The number of halogens is 2. The summed E-state index contributed by atoms with van der Waals surface area (Å²) in [6.07, 6.45) is 0. The van der Waals surface area contributed by atoms with Crippen LogP contribution in [0.2, 0.25) is 10.0 Å². The third kappa shape index (κ3) is 2.16. The fourth-order valence-corrected chi connectivity index (χ4v) is 3.30. The molecule has 0 spiro atoms. The molecule has 1 aliphatic heterocycles. The Bertz CT molecular complexity index is 703. The molecular weight excluding hydrogens is 305 g/mol. The number of aromatic carboxylic acids is 1. The average molecular weight is 312 g/mol. The van der Waals surface area contributed by atoms with Crippen molar-refractivity contribution in [2.75, 3.05) is 5.32 Å². The van der Waals surface area contributed by atoms with Gasteiger partial charge in [-0.05, 0) is 30.3 Å². The molecule has 96 valence electrons. The number of anilines is 2. The lowest BCUT2D eigenvalue weighted by Crippen LogP contribution is -2.03. The number of benzene rings is 2. The van der Waals surface area contributed by atoms with Gasteiger partial charge >= 0.3 is 5.97 Å². The summed E-state index contributed by atoms with van der Waals surface area (Å²) in [7, 11) is 0. The van der Waals surface area contributed by atoms with Crippen LogP contribution >= 0.6 is 35.0 Å². The average Bonchev–Trinajstić information content (AvgIpc) is 2.41. The third-order valence-electron chi connectivity index (χ3n) is 2.76. The lowest BCUT2D eigenvalue weighted by Gasteiger charge is -2.22. The minimum Gasteiger partial charge on any atom is -0.478 e. The number of nitrogens with one attached hydrogen (secondary N) is 1. The molecule has 0 saturated carbocycles. The fourth-order valence-electron chi connectivity index (χ4n) is 1.83. The van der Waals surface area contributed by atoms with E-state index in [-0.39, 0.29) is 5.56 Å². The van der Waals surface area contributed by atoms with Crippen LogP contribution in [-0.2, 0) is 0 Å². The predicted octanol–water partition coefficient (Wildman–Crippen LogP) is 4.90. The first kappa shape index (κ1) is 12.7. The Labute approximate surface area is 123 Å². The summed E-state index contributed by atoms with van der Waals surface area (Å²) in [4.78, 5) is 12.7. The van der Waals surface area contributed by atoms with Crippen molar-refractivity contribution in [3.05, 3.63) is 45.9 Å². The molecule has 19 heavy (non-hydrogen) atoms. The maximum absolute atomic E-state index is 11.0. The molecule has 1 aliphatic rings. The monoisotopic (exact) mass is 311 g/mol. The number of fused-ring (bicyclic) bond motifs is 2. The van der Waals surface area contributed by atoms with Gasteiger partial charge in [-0.3, -0.25) is 0 Å². The van der Waals surface area contributed by atoms with E-state index in [4.69, 9.17) is 28.3 Å². The Morgan fingerprint density at radius 1 is 1.16 bits per heavy atom. The minimum absolute atomic E-state index is 0.261. The van der Waals surface area contributed by atoms with Gasteiger partial charge < -0.3 is 10.4 Å². The van der Waals surface area contributed by atoms with Gasteiger partial charge in [-0.1, -0.05) is 35.0 Å². The summed E-state index contributed by atoms with van der Waals surface area (Å²) in [6, 6.07) is 8.51. The van der Waals surface area contributed by atoms with Gasteiger partial charge in [0.1, 0.15) is 0 Å². The standard InChI is InChI=1S/C13H7Cl2NO2S/c14-7-2-4-9-12(11(7)15)16-8-3-1-6(13(17)18)5-10(8)19-9/h1-5,16H,(H,17,18). The molecule has 0 aromatic heterocycles. The summed E-state index contributed by atoms with van der Waals surface area (Å²) < 4.78 is 0. The van der Waals surface area contributed by atoms with E-state index < -0.39 is 5.97 Å². The number of rotatable bonds is 1. The van der Waals surface area contributed by atoms with Crippen LogP contribution in [0.4, 0.5) is 11.4 Å². The van der Waals surface area contributed by atoms with E-state index in [2.05, 4.69) is 5.32 Å². The SMILES string of the molecule is O=C(O)c1ccc2c(c1)Sc1ccc(Cl)c(Cl)c1N2. The molecule has 2 aromatic rings. The second kappa shape index (κ2) is 4.63. The fraction of sp³-hybridized carbons (Fsp3) is 0. The summed E-state index contributed by atoms with van der Waals surface area (Å²) >= 11 is 13.6. The molecule has 2 N–H and O–H groups in total. The van der Waals surface area contributed by atoms with Gasteiger partial charge in [0.2, 0.25) is 0 Å². The third-order valence-corrected chi connectivity index (χ3v) is 4.69. The van der Waals surface area contributed by atoms with Crippen molar-refractivity contribution in [2.45, 2.75) is 9.79 Å². The molecule has 3 rings (SSSR count). The van der Waals surface area contributed by atoms with Gasteiger partial charge in [0.05, 0.1) is 27.0 Å². The van der Waals surface area contributed by atoms with Crippen LogP contribution in [0.25, 0.3) is 0 Å². The van der Waals surface area contributed by atoms with Crippen LogP contribution in [0.3, 0.4) is 0 Å². The molecule has 0 aliphatic carbocycles. The summed E-state index contributed by atoms with van der Waals surface area (Å²) in [5.74, 6) is -0.941. The smallest absolute Gasteiger partial charge is 0.335 e. The Morgan fingerprint density at radius 2 is 1.95 bits per heavy atom. The molecule has 0 amide bonds. The maximum atomic E-state index is 11.0. The number of hydrogen-bond donors (Lipinski definition) is 2. The molecule has 3 nitrogen and oxygen atoms in total. The first-order valence-corrected chi connectivity index (χ1v) is 6.94. The van der Waals surface area contributed by atoms with Crippen LogP contribution in [0.15, 0.2) is 40.1 Å². The van der Waals surface area contributed by atoms with E-state index in [1.165, 1.54) is 11.8 Å². The van der Waals surface area contributed by atoms with Gasteiger partial charge in [0.15, 0.2) is 0 Å². The lowest BCUT2D eigenvalue weighted by atomic mass is 10.2. The molecule has 0 unspecified atom stereocenters. The number of carboxylic acid groups (broad SMARTS) is 1. The first-order valence-electron chi connectivity index (χ1n) is 5.36. The number of carbonyl (C=O) groups is 1. The zero-order valence-electron chi connectivity index (χ0n) is 9.41. The van der Waals surface area contributed by atoms with Crippen LogP contribution in [0.5, 0.6) is 0 Å². The van der Waals surface area contributed by atoms with Crippen molar-refractivity contribution in [2.24, 2.45) is 0 Å². The maximum Gasteiger partial charge on any atom is 0.335 e. The molecule has 0 bridgehead atoms. The normalized spacial score (nSPS) is 12.3.